The number of hydrogen-bond acceptors (Lipinski definition) is 4. The standard InChI is InChI=1S/C18H20FN3O4/c19-14-4-1-3-13(9-14)10-22(11-15-5-2-8-26-15)17(24)12-21-7-6-16(23)20-18(21)25/h1,3-4,6-7,9,15H,2,5,8,10-12H2,(H,20,23,25). The van der Waals surface area contributed by atoms with E-state index in [0.717, 1.165) is 17.4 Å². The van der Waals surface area contributed by atoms with E-state index in [-0.39, 0.29) is 30.9 Å². The molecule has 1 amide bonds. The molecule has 0 bridgehead atoms. The highest BCUT2D eigenvalue weighted by Crippen LogP contribution is 2.16. The number of benzene rings is 1. The molecule has 0 aliphatic carbocycles. The number of amides is 1. The molecular formula is C18H20FN3O4. The molecule has 138 valence electrons. The number of carbonyl (C=O) groups is 1. The lowest BCUT2D eigenvalue weighted by atomic mass is 10.1. The molecule has 1 N–H and O–H groups in total. The number of aromatic nitrogens is 2. The Labute approximate surface area is 149 Å². The summed E-state index contributed by atoms with van der Waals surface area (Å²) in [7, 11) is 0. The average molecular weight is 361 g/mol. The summed E-state index contributed by atoms with van der Waals surface area (Å²) < 4.78 is 20.2. The fourth-order valence-corrected chi connectivity index (χ4v) is 2.96. The van der Waals surface area contributed by atoms with Crippen molar-refractivity contribution >= 4 is 5.91 Å². The molecule has 1 saturated heterocycles. The third kappa shape index (κ3) is 4.66. The number of halogens is 1. The van der Waals surface area contributed by atoms with E-state index in [1.165, 1.54) is 24.4 Å². The molecule has 1 unspecified atom stereocenters. The molecule has 2 aromatic rings. The van der Waals surface area contributed by atoms with Crippen LogP contribution in [0.25, 0.3) is 0 Å². The summed E-state index contributed by atoms with van der Waals surface area (Å²) in [5.41, 5.74) is -0.506. The zero-order valence-electron chi connectivity index (χ0n) is 14.2. The predicted molar refractivity (Wildman–Crippen MR) is 92.1 cm³/mol. The molecule has 8 heteroatoms. The highest BCUT2D eigenvalue weighted by atomic mass is 19.1. The maximum Gasteiger partial charge on any atom is 0.328 e. The molecule has 1 atom stereocenters. The lowest BCUT2D eigenvalue weighted by Gasteiger charge is -2.26. The maximum absolute atomic E-state index is 13.5. The Hall–Kier alpha value is -2.74. The van der Waals surface area contributed by atoms with Crippen molar-refractivity contribution in [3.8, 4) is 0 Å². The van der Waals surface area contributed by atoms with Crippen LogP contribution in [0.2, 0.25) is 0 Å². The number of nitrogens with zero attached hydrogens (tertiary/aromatic N) is 2. The summed E-state index contributed by atoms with van der Waals surface area (Å²) >= 11 is 0. The molecule has 0 spiro atoms. The van der Waals surface area contributed by atoms with Crippen LogP contribution in [0.3, 0.4) is 0 Å². The average Bonchev–Trinajstić information content (AvgIpc) is 3.10. The van der Waals surface area contributed by atoms with E-state index in [1.54, 1.807) is 17.0 Å². The van der Waals surface area contributed by atoms with Gasteiger partial charge in [-0.3, -0.25) is 19.1 Å². The Morgan fingerprint density at radius 3 is 2.88 bits per heavy atom. The van der Waals surface area contributed by atoms with Crippen molar-refractivity contribution in [1.82, 2.24) is 14.5 Å². The molecule has 1 fully saturated rings. The van der Waals surface area contributed by atoms with E-state index < -0.39 is 11.2 Å². The Kier molecular flexibility index (Phi) is 5.62. The zero-order chi connectivity index (χ0) is 18.5. The number of nitrogens with one attached hydrogen (secondary N) is 1. The Morgan fingerprint density at radius 1 is 1.35 bits per heavy atom. The second-order valence-electron chi connectivity index (χ2n) is 6.28. The van der Waals surface area contributed by atoms with Crippen molar-refractivity contribution in [3.63, 3.8) is 0 Å². The molecular weight excluding hydrogens is 341 g/mol. The Balaban J connectivity index is 1.77. The number of rotatable bonds is 6. The van der Waals surface area contributed by atoms with E-state index in [4.69, 9.17) is 4.74 Å². The van der Waals surface area contributed by atoms with E-state index in [2.05, 4.69) is 4.98 Å². The highest BCUT2D eigenvalue weighted by molar-refractivity contribution is 5.76. The van der Waals surface area contributed by atoms with E-state index in [9.17, 15) is 18.8 Å². The van der Waals surface area contributed by atoms with Gasteiger partial charge in [0.25, 0.3) is 5.56 Å². The number of carbonyl (C=O) groups excluding carboxylic acids is 1. The Bertz CT molecular complexity index is 886. The quantitative estimate of drug-likeness (QED) is 0.828. The second-order valence-corrected chi connectivity index (χ2v) is 6.28. The van der Waals surface area contributed by atoms with E-state index in [0.29, 0.717) is 18.7 Å². The summed E-state index contributed by atoms with van der Waals surface area (Å²) in [6.07, 6.45) is 3.00. The number of ether oxygens (including phenoxy) is 1. The van der Waals surface area contributed by atoms with Gasteiger partial charge in [0.15, 0.2) is 0 Å². The second kappa shape index (κ2) is 8.09. The predicted octanol–water partition coefficient (Wildman–Crippen LogP) is 0.883. The third-order valence-electron chi connectivity index (χ3n) is 4.27. The first-order valence-electron chi connectivity index (χ1n) is 8.45. The molecule has 1 aliphatic rings. The summed E-state index contributed by atoms with van der Waals surface area (Å²) in [6, 6.07) is 7.24. The van der Waals surface area contributed by atoms with Gasteiger partial charge in [0.2, 0.25) is 5.91 Å². The summed E-state index contributed by atoms with van der Waals surface area (Å²) in [4.78, 5) is 39.4. The largest absolute Gasteiger partial charge is 0.376 e. The Morgan fingerprint density at radius 2 is 2.19 bits per heavy atom. The lowest BCUT2D eigenvalue weighted by molar-refractivity contribution is -0.134. The van der Waals surface area contributed by atoms with E-state index >= 15 is 0 Å². The molecule has 2 heterocycles. The van der Waals surface area contributed by atoms with Crippen molar-refractivity contribution < 1.29 is 13.9 Å². The highest BCUT2D eigenvalue weighted by Gasteiger charge is 2.23. The van der Waals surface area contributed by atoms with Crippen LogP contribution in [0.5, 0.6) is 0 Å². The number of aromatic amines is 1. The van der Waals surface area contributed by atoms with Crippen LogP contribution < -0.4 is 11.2 Å². The van der Waals surface area contributed by atoms with Gasteiger partial charge in [-0.05, 0) is 30.5 Å². The molecule has 1 aromatic carbocycles. The SMILES string of the molecule is O=C(Cn1ccc(=O)[nH]c1=O)N(Cc1cccc(F)c1)CC1CCCO1. The molecule has 7 nitrogen and oxygen atoms in total. The normalized spacial score (nSPS) is 16.6. The topological polar surface area (TPSA) is 84.4 Å². The molecule has 1 aliphatic heterocycles. The summed E-state index contributed by atoms with van der Waals surface area (Å²) in [5.74, 6) is -0.678. The van der Waals surface area contributed by atoms with Gasteiger partial charge in [0, 0.05) is 32.0 Å². The van der Waals surface area contributed by atoms with Gasteiger partial charge in [0.05, 0.1) is 6.10 Å². The smallest absolute Gasteiger partial charge is 0.328 e. The first kappa shape index (κ1) is 18.1. The van der Waals surface area contributed by atoms with Crippen LogP contribution in [0.15, 0.2) is 46.1 Å². The summed E-state index contributed by atoms with van der Waals surface area (Å²) in [6.45, 7) is 1.03. The minimum atomic E-state index is -0.645. The van der Waals surface area contributed by atoms with Crippen molar-refractivity contribution in [1.29, 1.82) is 0 Å². The monoisotopic (exact) mass is 361 g/mol. The van der Waals surface area contributed by atoms with Gasteiger partial charge in [-0.1, -0.05) is 12.1 Å². The number of H-pyrrole nitrogens is 1. The van der Waals surface area contributed by atoms with Crippen molar-refractivity contribution in [2.75, 3.05) is 13.2 Å². The molecule has 0 saturated carbocycles. The van der Waals surface area contributed by atoms with Crippen LogP contribution >= 0.6 is 0 Å². The van der Waals surface area contributed by atoms with Crippen LogP contribution in [-0.4, -0.2) is 39.6 Å². The van der Waals surface area contributed by atoms with Gasteiger partial charge in [0.1, 0.15) is 12.4 Å². The van der Waals surface area contributed by atoms with Crippen LogP contribution in [0.1, 0.15) is 18.4 Å². The van der Waals surface area contributed by atoms with Crippen LogP contribution in [0.4, 0.5) is 4.39 Å². The minimum absolute atomic E-state index is 0.0696. The molecule has 3 rings (SSSR count). The fraction of sp³-hybridized carbons (Fsp3) is 0.389. The molecule has 0 radical (unpaired) electrons. The zero-order valence-corrected chi connectivity index (χ0v) is 14.2. The lowest BCUT2D eigenvalue weighted by Crippen LogP contribution is -2.41. The van der Waals surface area contributed by atoms with Gasteiger partial charge >= 0.3 is 5.69 Å². The fourth-order valence-electron chi connectivity index (χ4n) is 2.96. The molecule has 26 heavy (non-hydrogen) atoms. The van der Waals surface area contributed by atoms with E-state index in [1.807, 2.05) is 0 Å². The van der Waals surface area contributed by atoms with Crippen LogP contribution in [-0.2, 0) is 22.6 Å². The maximum atomic E-state index is 13.5. The molecule has 1 aromatic heterocycles. The van der Waals surface area contributed by atoms with Gasteiger partial charge in [-0.25, -0.2) is 9.18 Å². The van der Waals surface area contributed by atoms with Crippen LogP contribution in [0, 0.1) is 5.82 Å². The number of hydrogen-bond donors (Lipinski definition) is 1. The summed E-state index contributed by atoms with van der Waals surface area (Å²) in [5, 5.41) is 0. The van der Waals surface area contributed by atoms with Gasteiger partial charge in [-0.15, -0.1) is 0 Å². The van der Waals surface area contributed by atoms with Gasteiger partial charge < -0.3 is 9.64 Å². The van der Waals surface area contributed by atoms with Crippen molar-refractivity contribution in [2.45, 2.75) is 32.0 Å². The van der Waals surface area contributed by atoms with Crippen molar-refractivity contribution in [3.05, 3.63) is 68.7 Å². The third-order valence-corrected chi connectivity index (χ3v) is 4.27. The first-order chi connectivity index (χ1) is 12.5. The minimum Gasteiger partial charge on any atom is -0.376 e. The van der Waals surface area contributed by atoms with Gasteiger partial charge in [-0.2, -0.15) is 0 Å². The van der Waals surface area contributed by atoms with Crippen molar-refractivity contribution in [2.24, 2.45) is 0 Å². The first-order valence-corrected chi connectivity index (χ1v) is 8.45.